The van der Waals surface area contributed by atoms with E-state index in [1.165, 1.54) is 6.42 Å². The lowest BCUT2D eigenvalue weighted by molar-refractivity contribution is 0.599. The molecule has 0 radical (unpaired) electrons. The van der Waals surface area contributed by atoms with Crippen LogP contribution in [0.2, 0.25) is 5.15 Å². The summed E-state index contributed by atoms with van der Waals surface area (Å²) in [4.78, 5) is 10.5. The second-order valence-corrected chi connectivity index (χ2v) is 3.36. The zero-order valence-corrected chi connectivity index (χ0v) is 7.67. The fraction of sp³-hybridized carbons (Fsp3) is 0.500. The third kappa shape index (κ3) is 1.37. The highest BCUT2D eigenvalue weighted by atomic mass is 35.5. The van der Waals surface area contributed by atoms with Crippen molar-refractivity contribution in [3.63, 3.8) is 0 Å². The molecule has 4 heteroatoms. The van der Waals surface area contributed by atoms with Crippen molar-refractivity contribution in [1.29, 1.82) is 0 Å². The van der Waals surface area contributed by atoms with Gasteiger partial charge >= 0.3 is 0 Å². The third-order valence-corrected chi connectivity index (χ3v) is 2.14. The van der Waals surface area contributed by atoms with Crippen LogP contribution in [0.25, 0.3) is 0 Å². The second-order valence-electron chi connectivity index (χ2n) is 2.97. The minimum atomic E-state index is 0.532. The Balaban J connectivity index is 2.30. The molecule has 0 bridgehead atoms. The highest BCUT2D eigenvalue weighted by molar-refractivity contribution is 6.29. The summed E-state index contributed by atoms with van der Waals surface area (Å²) in [6.07, 6.45) is 1.23. The van der Waals surface area contributed by atoms with Gasteiger partial charge in [0.05, 0.1) is 0 Å². The number of rotatable bonds is 1. The summed E-state index contributed by atoms with van der Waals surface area (Å²) < 4.78 is 0. The molecule has 0 aliphatic carbocycles. The predicted octanol–water partition coefficient (Wildman–Crippen LogP) is 1.65. The quantitative estimate of drug-likeness (QED) is 0.620. The molecule has 0 spiro atoms. The number of hydrogen-bond acceptors (Lipinski definition) is 3. The molecule has 1 fully saturated rings. The van der Waals surface area contributed by atoms with Gasteiger partial charge in [-0.25, -0.2) is 9.97 Å². The Morgan fingerprint density at radius 3 is 2.67 bits per heavy atom. The molecular formula is C8H10ClN3. The highest BCUT2D eigenvalue weighted by Crippen LogP contribution is 2.18. The maximum atomic E-state index is 5.80. The Labute approximate surface area is 76.4 Å². The van der Waals surface area contributed by atoms with E-state index in [9.17, 15) is 0 Å². The molecule has 0 atom stereocenters. The fourth-order valence-corrected chi connectivity index (χ4v) is 1.41. The third-order valence-electron chi connectivity index (χ3n) is 1.95. The van der Waals surface area contributed by atoms with Gasteiger partial charge in [0.1, 0.15) is 5.15 Å². The molecule has 64 valence electrons. The monoisotopic (exact) mass is 183 g/mol. The van der Waals surface area contributed by atoms with Crippen molar-refractivity contribution in [2.24, 2.45) is 0 Å². The zero-order chi connectivity index (χ0) is 8.55. The SMILES string of the molecule is Cc1cc(Cl)nc(N2CCC2)n1. The van der Waals surface area contributed by atoms with Gasteiger partial charge in [0.25, 0.3) is 0 Å². The smallest absolute Gasteiger partial charge is 0.226 e. The van der Waals surface area contributed by atoms with E-state index in [-0.39, 0.29) is 0 Å². The van der Waals surface area contributed by atoms with E-state index in [1.54, 1.807) is 6.07 Å². The zero-order valence-electron chi connectivity index (χ0n) is 6.92. The highest BCUT2D eigenvalue weighted by Gasteiger charge is 2.17. The van der Waals surface area contributed by atoms with Gasteiger partial charge in [0, 0.05) is 18.8 Å². The number of aromatic nitrogens is 2. The van der Waals surface area contributed by atoms with Crippen LogP contribution < -0.4 is 4.90 Å². The van der Waals surface area contributed by atoms with Gasteiger partial charge in [-0.2, -0.15) is 0 Å². The molecule has 12 heavy (non-hydrogen) atoms. The van der Waals surface area contributed by atoms with E-state index in [1.807, 2.05) is 6.92 Å². The second kappa shape index (κ2) is 2.90. The average Bonchev–Trinajstić information content (AvgIpc) is 1.79. The lowest BCUT2D eigenvalue weighted by Crippen LogP contribution is -2.38. The van der Waals surface area contributed by atoms with Crippen LogP contribution in [0.4, 0.5) is 5.95 Å². The Morgan fingerprint density at radius 2 is 2.17 bits per heavy atom. The predicted molar refractivity (Wildman–Crippen MR) is 48.6 cm³/mol. The van der Waals surface area contributed by atoms with Crippen molar-refractivity contribution in [2.75, 3.05) is 18.0 Å². The van der Waals surface area contributed by atoms with Crippen molar-refractivity contribution in [1.82, 2.24) is 9.97 Å². The van der Waals surface area contributed by atoms with Crippen LogP contribution in [0.1, 0.15) is 12.1 Å². The minimum absolute atomic E-state index is 0.532. The number of halogens is 1. The Hall–Kier alpha value is -0.830. The normalized spacial score (nSPS) is 16.0. The van der Waals surface area contributed by atoms with Crippen LogP contribution in [-0.4, -0.2) is 23.1 Å². The van der Waals surface area contributed by atoms with Gasteiger partial charge in [-0.3, -0.25) is 0 Å². The van der Waals surface area contributed by atoms with Gasteiger partial charge in [-0.1, -0.05) is 11.6 Å². The lowest BCUT2D eigenvalue weighted by atomic mass is 10.2. The number of hydrogen-bond donors (Lipinski definition) is 0. The van der Waals surface area contributed by atoms with E-state index in [4.69, 9.17) is 11.6 Å². The van der Waals surface area contributed by atoms with E-state index in [2.05, 4.69) is 14.9 Å². The number of nitrogens with zero attached hydrogens (tertiary/aromatic N) is 3. The van der Waals surface area contributed by atoms with Crippen molar-refractivity contribution in [3.05, 3.63) is 16.9 Å². The first-order valence-corrected chi connectivity index (χ1v) is 4.39. The van der Waals surface area contributed by atoms with Crippen molar-refractivity contribution < 1.29 is 0 Å². The largest absolute Gasteiger partial charge is 0.341 e. The maximum absolute atomic E-state index is 5.80. The molecule has 2 heterocycles. The van der Waals surface area contributed by atoms with Gasteiger partial charge < -0.3 is 4.90 Å². The molecule has 3 nitrogen and oxygen atoms in total. The van der Waals surface area contributed by atoms with Crippen LogP contribution in [0.5, 0.6) is 0 Å². The van der Waals surface area contributed by atoms with Crippen LogP contribution in [0.15, 0.2) is 6.07 Å². The summed E-state index contributed by atoms with van der Waals surface area (Å²) in [6, 6.07) is 1.77. The molecule has 1 aliphatic rings. The van der Waals surface area contributed by atoms with E-state index in [0.717, 1.165) is 24.7 Å². The average molecular weight is 184 g/mol. The van der Waals surface area contributed by atoms with Crippen LogP contribution in [-0.2, 0) is 0 Å². The van der Waals surface area contributed by atoms with E-state index in [0.29, 0.717) is 5.15 Å². The minimum Gasteiger partial charge on any atom is -0.341 e. The van der Waals surface area contributed by atoms with Crippen LogP contribution in [0, 0.1) is 6.92 Å². The first-order chi connectivity index (χ1) is 5.75. The van der Waals surface area contributed by atoms with Crippen LogP contribution in [0.3, 0.4) is 0 Å². The molecule has 0 N–H and O–H groups in total. The molecule has 0 amide bonds. The van der Waals surface area contributed by atoms with Gasteiger partial charge in [0.15, 0.2) is 0 Å². The molecular weight excluding hydrogens is 174 g/mol. The summed E-state index contributed by atoms with van der Waals surface area (Å²) in [5, 5.41) is 0.532. The molecule has 0 unspecified atom stereocenters. The molecule has 1 saturated heterocycles. The number of aryl methyl sites for hydroxylation is 1. The van der Waals surface area contributed by atoms with Gasteiger partial charge in [0.2, 0.25) is 5.95 Å². The van der Waals surface area contributed by atoms with Crippen molar-refractivity contribution in [3.8, 4) is 0 Å². The number of anilines is 1. The van der Waals surface area contributed by atoms with Gasteiger partial charge in [-0.15, -0.1) is 0 Å². The molecule has 1 aliphatic heterocycles. The topological polar surface area (TPSA) is 29.0 Å². The van der Waals surface area contributed by atoms with E-state index < -0.39 is 0 Å². The van der Waals surface area contributed by atoms with Crippen molar-refractivity contribution >= 4 is 17.5 Å². The fourth-order valence-electron chi connectivity index (χ4n) is 1.17. The Morgan fingerprint density at radius 1 is 1.42 bits per heavy atom. The Bertz CT molecular complexity index is 276. The molecule has 1 aromatic heterocycles. The molecule has 1 aromatic rings. The molecule has 0 aromatic carbocycles. The Kier molecular flexibility index (Phi) is 1.89. The first-order valence-electron chi connectivity index (χ1n) is 4.02. The van der Waals surface area contributed by atoms with E-state index >= 15 is 0 Å². The summed E-state index contributed by atoms with van der Waals surface area (Å²) >= 11 is 5.80. The molecule has 2 rings (SSSR count). The lowest BCUT2D eigenvalue weighted by Gasteiger charge is -2.30. The standard InChI is InChI=1S/C8H10ClN3/c1-6-5-7(9)11-8(10-6)12-3-2-4-12/h5H,2-4H2,1H3. The van der Waals surface area contributed by atoms with Crippen molar-refractivity contribution in [2.45, 2.75) is 13.3 Å². The first kappa shape index (κ1) is 7.80. The summed E-state index contributed by atoms with van der Waals surface area (Å²) in [5.74, 6) is 0.770. The molecule has 0 saturated carbocycles. The summed E-state index contributed by atoms with van der Waals surface area (Å²) in [6.45, 7) is 4.04. The maximum Gasteiger partial charge on any atom is 0.226 e. The summed E-state index contributed by atoms with van der Waals surface area (Å²) in [5.41, 5.74) is 0.928. The van der Waals surface area contributed by atoms with Crippen LogP contribution >= 0.6 is 11.6 Å². The summed E-state index contributed by atoms with van der Waals surface area (Å²) in [7, 11) is 0. The van der Waals surface area contributed by atoms with Gasteiger partial charge in [-0.05, 0) is 19.4 Å².